The van der Waals surface area contributed by atoms with Crippen molar-refractivity contribution in [3.8, 4) is 5.75 Å². The van der Waals surface area contributed by atoms with Crippen LogP contribution in [-0.2, 0) is 0 Å². The highest BCUT2D eigenvalue weighted by Crippen LogP contribution is 2.30. The average molecular weight is 437 g/mol. The third-order valence-electron chi connectivity index (χ3n) is 1.67. The van der Waals surface area contributed by atoms with E-state index in [0.717, 1.165) is 12.7 Å². The molecule has 0 fully saturated rings. The molecule has 78 valence electrons. The first-order valence-electron chi connectivity index (χ1n) is 3.62. The third kappa shape index (κ3) is 3.25. The van der Waals surface area contributed by atoms with E-state index in [2.05, 4.69) is 51.8 Å². The second-order valence-corrected chi connectivity index (χ2v) is 4.99. The Kier molecular flexibility index (Phi) is 6.35. The van der Waals surface area contributed by atoms with Crippen molar-refractivity contribution >= 4 is 57.6 Å². The standard InChI is InChI=1S/C9H9I2NO.ClH/c1-2-8(12)6-3-5(10)4-7(11)9(6)13;/h2-4,8,13H,1,12H2;1H/t8-;/m0./s1. The maximum atomic E-state index is 9.68. The first kappa shape index (κ1) is 14.5. The lowest BCUT2D eigenvalue weighted by Gasteiger charge is -2.10. The van der Waals surface area contributed by atoms with E-state index < -0.39 is 0 Å². The van der Waals surface area contributed by atoms with Crippen molar-refractivity contribution in [3.63, 3.8) is 0 Å². The van der Waals surface area contributed by atoms with Gasteiger partial charge < -0.3 is 10.8 Å². The monoisotopic (exact) mass is 437 g/mol. The molecule has 1 rings (SSSR count). The van der Waals surface area contributed by atoms with Crippen molar-refractivity contribution in [2.45, 2.75) is 6.04 Å². The van der Waals surface area contributed by atoms with Crippen molar-refractivity contribution in [1.82, 2.24) is 0 Å². The van der Waals surface area contributed by atoms with Gasteiger partial charge >= 0.3 is 0 Å². The van der Waals surface area contributed by atoms with Crippen LogP contribution in [0.15, 0.2) is 24.8 Å². The number of halogens is 3. The van der Waals surface area contributed by atoms with Gasteiger partial charge in [0.1, 0.15) is 5.75 Å². The molecule has 5 heteroatoms. The number of aromatic hydroxyl groups is 1. The Hall–Kier alpha value is 0.470. The lowest BCUT2D eigenvalue weighted by molar-refractivity contribution is 0.462. The van der Waals surface area contributed by atoms with E-state index in [1.165, 1.54) is 0 Å². The Morgan fingerprint density at radius 3 is 2.50 bits per heavy atom. The van der Waals surface area contributed by atoms with Crippen LogP contribution in [0.4, 0.5) is 0 Å². The minimum atomic E-state index is -0.303. The molecule has 0 saturated heterocycles. The summed E-state index contributed by atoms with van der Waals surface area (Å²) in [4.78, 5) is 0. The predicted molar refractivity (Wildman–Crippen MR) is 77.9 cm³/mol. The Labute approximate surface area is 117 Å². The SMILES string of the molecule is C=C[C@H](N)c1cc(I)cc(I)c1O.Cl. The largest absolute Gasteiger partial charge is 0.506 e. The summed E-state index contributed by atoms with van der Waals surface area (Å²) in [5.41, 5.74) is 6.48. The van der Waals surface area contributed by atoms with E-state index in [4.69, 9.17) is 5.73 Å². The van der Waals surface area contributed by atoms with Gasteiger partial charge in [0.15, 0.2) is 0 Å². The van der Waals surface area contributed by atoms with Crippen LogP contribution in [0.3, 0.4) is 0 Å². The van der Waals surface area contributed by atoms with Crippen molar-refractivity contribution in [3.05, 3.63) is 37.5 Å². The van der Waals surface area contributed by atoms with Crippen LogP contribution in [0.5, 0.6) is 5.75 Å². The highest BCUT2D eigenvalue weighted by atomic mass is 127. The fraction of sp³-hybridized carbons (Fsp3) is 0.111. The molecule has 14 heavy (non-hydrogen) atoms. The Bertz CT molecular complexity index is 344. The molecule has 0 saturated carbocycles. The van der Waals surface area contributed by atoms with Crippen molar-refractivity contribution in [2.75, 3.05) is 0 Å². The van der Waals surface area contributed by atoms with Crippen molar-refractivity contribution in [1.29, 1.82) is 0 Å². The van der Waals surface area contributed by atoms with Gasteiger partial charge in [0.25, 0.3) is 0 Å². The van der Waals surface area contributed by atoms with Crippen LogP contribution >= 0.6 is 57.6 Å². The van der Waals surface area contributed by atoms with Gasteiger partial charge in [-0.15, -0.1) is 19.0 Å². The van der Waals surface area contributed by atoms with Gasteiger partial charge in [0.2, 0.25) is 0 Å². The quantitative estimate of drug-likeness (QED) is 0.552. The fourth-order valence-corrected chi connectivity index (χ4v) is 2.86. The summed E-state index contributed by atoms with van der Waals surface area (Å²) in [5, 5.41) is 9.68. The maximum Gasteiger partial charge on any atom is 0.134 e. The summed E-state index contributed by atoms with van der Waals surface area (Å²) < 4.78 is 1.88. The third-order valence-corrected chi connectivity index (χ3v) is 3.12. The molecule has 0 bridgehead atoms. The number of benzene rings is 1. The van der Waals surface area contributed by atoms with Gasteiger partial charge in [-0.1, -0.05) is 6.08 Å². The smallest absolute Gasteiger partial charge is 0.134 e. The van der Waals surface area contributed by atoms with E-state index in [-0.39, 0.29) is 24.2 Å². The molecule has 0 heterocycles. The molecule has 0 amide bonds. The minimum Gasteiger partial charge on any atom is -0.506 e. The highest BCUT2D eigenvalue weighted by molar-refractivity contribution is 14.1. The predicted octanol–water partition coefficient (Wildman–Crippen LogP) is 3.21. The zero-order valence-electron chi connectivity index (χ0n) is 7.21. The van der Waals surface area contributed by atoms with Crippen LogP contribution in [0.2, 0.25) is 0 Å². The average Bonchev–Trinajstić information content (AvgIpc) is 2.10. The second-order valence-electron chi connectivity index (χ2n) is 2.59. The normalized spacial score (nSPS) is 11.6. The number of phenolic OH excluding ortho intramolecular Hbond substituents is 1. The first-order valence-corrected chi connectivity index (χ1v) is 5.78. The van der Waals surface area contributed by atoms with E-state index in [1.54, 1.807) is 6.08 Å². The van der Waals surface area contributed by atoms with Gasteiger partial charge in [-0.2, -0.15) is 0 Å². The van der Waals surface area contributed by atoms with E-state index in [9.17, 15) is 5.11 Å². The molecule has 1 aromatic carbocycles. The Morgan fingerprint density at radius 2 is 2.00 bits per heavy atom. The van der Waals surface area contributed by atoms with Gasteiger partial charge in [-0.25, -0.2) is 0 Å². The molecule has 3 N–H and O–H groups in total. The second kappa shape index (κ2) is 6.14. The number of nitrogens with two attached hydrogens (primary N) is 1. The number of hydrogen-bond donors (Lipinski definition) is 2. The zero-order valence-corrected chi connectivity index (χ0v) is 12.3. The summed E-state index contributed by atoms with van der Waals surface area (Å²) in [6.07, 6.45) is 1.61. The molecule has 1 aromatic rings. The topological polar surface area (TPSA) is 46.2 Å². The summed E-state index contributed by atoms with van der Waals surface area (Å²) >= 11 is 4.27. The minimum absolute atomic E-state index is 0. The van der Waals surface area contributed by atoms with Crippen LogP contribution in [0, 0.1) is 7.14 Å². The molecule has 0 aliphatic carbocycles. The van der Waals surface area contributed by atoms with Gasteiger partial charge in [-0.3, -0.25) is 0 Å². The van der Waals surface area contributed by atoms with Gasteiger partial charge in [-0.05, 0) is 57.3 Å². The number of rotatable bonds is 2. The van der Waals surface area contributed by atoms with E-state index in [1.807, 2.05) is 12.1 Å². The summed E-state index contributed by atoms with van der Waals surface area (Å²) in [6.45, 7) is 3.60. The first-order chi connectivity index (χ1) is 6.06. The van der Waals surface area contributed by atoms with Gasteiger partial charge in [0, 0.05) is 9.13 Å². The van der Waals surface area contributed by atoms with E-state index in [0.29, 0.717) is 0 Å². The lowest BCUT2D eigenvalue weighted by atomic mass is 10.1. The zero-order chi connectivity index (χ0) is 10.0. The molecular weight excluding hydrogens is 427 g/mol. The van der Waals surface area contributed by atoms with Crippen molar-refractivity contribution < 1.29 is 5.11 Å². The summed E-state index contributed by atoms with van der Waals surface area (Å²) in [6, 6.07) is 3.46. The van der Waals surface area contributed by atoms with E-state index >= 15 is 0 Å². The molecule has 0 unspecified atom stereocenters. The fourth-order valence-electron chi connectivity index (χ4n) is 0.967. The molecular formula is C9H10ClI2NO. The number of phenols is 1. The summed E-state index contributed by atoms with van der Waals surface area (Å²) in [5.74, 6) is 0.258. The van der Waals surface area contributed by atoms with Crippen LogP contribution < -0.4 is 5.73 Å². The van der Waals surface area contributed by atoms with Crippen LogP contribution in [-0.4, -0.2) is 5.11 Å². The van der Waals surface area contributed by atoms with Crippen LogP contribution in [0.25, 0.3) is 0 Å². The molecule has 2 nitrogen and oxygen atoms in total. The molecule has 0 aliphatic heterocycles. The summed E-state index contributed by atoms with van der Waals surface area (Å²) in [7, 11) is 0. The molecule has 0 radical (unpaired) electrons. The molecule has 1 atom stereocenters. The Balaban J connectivity index is 0.00000169. The molecule has 0 aromatic heterocycles. The molecule has 0 aliphatic rings. The highest BCUT2D eigenvalue weighted by Gasteiger charge is 2.11. The van der Waals surface area contributed by atoms with Gasteiger partial charge in [0.05, 0.1) is 9.61 Å². The lowest BCUT2D eigenvalue weighted by Crippen LogP contribution is -2.07. The Morgan fingerprint density at radius 1 is 1.43 bits per heavy atom. The molecule has 0 spiro atoms. The van der Waals surface area contributed by atoms with Crippen LogP contribution in [0.1, 0.15) is 11.6 Å². The number of hydrogen-bond acceptors (Lipinski definition) is 2. The van der Waals surface area contributed by atoms with Crippen molar-refractivity contribution in [2.24, 2.45) is 5.73 Å². The maximum absolute atomic E-state index is 9.68.